The van der Waals surface area contributed by atoms with Crippen molar-refractivity contribution in [3.63, 3.8) is 0 Å². The average molecular weight is 254 g/mol. The van der Waals surface area contributed by atoms with Crippen molar-refractivity contribution >= 4 is 6.16 Å². The molecule has 0 aromatic heterocycles. The maximum absolute atomic E-state index is 11.3. The Morgan fingerprint density at radius 3 is 2.22 bits per heavy atom. The molecule has 0 radical (unpaired) electrons. The zero-order valence-corrected chi connectivity index (χ0v) is 12.5. The van der Waals surface area contributed by atoms with Crippen LogP contribution in [0.4, 0.5) is 4.79 Å². The van der Waals surface area contributed by atoms with Crippen LogP contribution in [0.15, 0.2) is 23.3 Å². The number of ether oxygens (including phenoxy) is 2. The Kier molecular flexibility index (Phi) is 7.41. The summed E-state index contributed by atoms with van der Waals surface area (Å²) in [7, 11) is 0. The lowest BCUT2D eigenvalue weighted by atomic mass is 10.1. The van der Waals surface area contributed by atoms with Crippen molar-refractivity contribution < 1.29 is 14.3 Å². The second-order valence-electron chi connectivity index (χ2n) is 5.65. The van der Waals surface area contributed by atoms with E-state index < -0.39 is 11.8 Å². The molecular weight excluding hydrogens is 228 g/mol. The van der Waals surface area contributed by atoms with Gasteiger partial charge in [0.1, 0.15) is 12.2 Å². The fourth-order valence-electron chi connectivity index (χ4n) is 1.22. The van der Waals surface area contributed by atoms with E-state index in [1.54, 1.807) is 0 Å². The van der Waals surface area contributed by atoms with Crippen molar-refractivity contribution in [2.75, 3.05) is 6.61 Å². The minimum atomic E-state index is -0.615. The van der Waals surface area contributed by atoms with Gasteiger partial charge in [0.2, 0.25) is 0 Å². The smallest absolute Gasteiger partial charge is 0.430 e. The minimum absolute atomic E-state index is 0.273. The first-order chi connectivity index (χ1) is 8.20. The number of carbonyl (C=O) groups excluding carboxylic acids is 1. The van der Waals surface area contributed by atoms with Crippen molar-refractivity contribution in [3.05, 3.63) is 23.3 Å². The molecule has 0 aliphatic heterocycles. The molecule has 3 heteroatoms. The standard InChI is InChI=1S/C15H26O3/c1-12(2)8-7-9-13(3)10-11-17-14(16)18-15(4,5)6/h8,10H,7,9,11H2,1-6H3/b13-10-. The highest BCUT2D eigenvalue weighted by Crippen LogP contribution is 2.09. The van der Waals surface area contributed by atoms with Gasteiger partial charge in [-0.05, 0) is 60.5 Å². The molecule has 0 aliphatic carbocycles. The zero-order valence-electron chi connectivity index (χ0n) is 12.5. The quantitative estimate of drug-likeness (QED) is 0.530. The van der Waals surface area contributed by atoms with Crippen LogP contribution < -0.4 is 0 Å². The molecule has 3 nitrogen and oxygen atoms in total. The summed E-state index contributed by atoms with van der Waals surface area (Å²) in [6.07, 6.45) is 5.52. The van der Waals surface area contributed by atoms with Crippen LogP contribution in [-0.2, 0) is 9.47 Å². The number of hydrogen-bond donors (Lipinski definition) is 0. The fraction of sp³-hybridized carbons (Fsp3) is 0.667. The Morgan fingerprint density at radius 2 is 1.72 bits per heavy atom. The van der Waals surface area contributed by atoms with Crippen LogP contribution in [-0.4, -0.2) is 18.4 Å². The summed E-state index contributed by atoms with van der Waals surface area (Å²) in [5.74, 6) is 0. The van der Waals surface area contributed by atoms with Gasteiger partial charge in [0.15, 0.2) is 0 Å². The molecule has 0 heterocycles. The van der Waals surface area contributed by atoms with E-state index in [4.69, 9.17) is 9.47 Å². The molecule has 0 amide bonds. The summed E-state index contributed by atoms with van der Waals surface area (Å²) in [6, 6.07) is 0. The predicted molar refractivity (Wildman–Crippen MR) is 74.6 cm³/mol. The third-order valence-corrected chi connectivity index (χ3v) is 2.11. The summed E-state index contributed by atoms with van der Waals surface area (Å²) in [4.78, 5) is 11.3. The molecular formula is C15H26O3. The lowest BCUT2D eigenvalue weighted by molar-refractivity contribution is -0.00247. The van der Waals surface area contributed by atoms with Crippen LogP contribution in [0.2, 0.25) is 0 Å². The molecule has 0 aromatic rings. The topological polar surface area (TPSA) is 35.5 Å². The summed E-state index contributed by atoms with van der Waals surface area (Å²) >= 11 is 0. The largest absolute Gasteiger partial charge is 0.509 e. The number of allylic oxidation sites excluding steroid dienone is 3. The van der Waals surface area contributed by atoms with E-state index in [0.29, 0.717) is 0 Å². The van der Waals surface area contributed by atoms with Crippen LogP contribution in [0.25, 0.3) is 0 Å². The number of carbonyl (C=O) groups is 1. The third-order valence-electron chi connectivity index (χ3n) is 2.11. The second-order valence-corrected chi connectivity index (χ2v) is 5.65. The molecule has 0 unspecified atom stereocenters. The molecule has 0 rings (SSSR count). The van der Waals surface area contributed by atoms with Gasteiger partial charge in [0.25, 0.3) is 0 Å². The maximum atomic E-state index is 11.3. The van der Waals surface area contributed by atoms with Crippen LogP contribution >= 0.6 is 0 Å². The first kappa shape index (κ1) is 16.8. The van der Waals surface area contributed by atoms with Crippen molar-refractivity contribution in [3.8, 4) is 0 Å². The fourth-order valence-corrected chi connectivity index (χ4v) is 1.22. The average Bonchev–Trinajstić information content (AvgIpc) is 2.13. The normalized spacial score (nSPS) is 12.0. The lowest BCUT2D eigenvalue weighted by Crippen LogP contribution is -2.24. The molecule has 0 atom stereocenters. The van der Waals surface area contributed by atoms with Gasteiger partial charge >= 0.3 is 6.16 Å². The predicted octanol–water partition coefficient (Wildman–Crippen LogP) is 4.63. The van der Waals surface area contributed by atoms with Gasteiger partial charge < -0.3 is 9.47 Å². The van der Waals surface area contributed by atoms with Gasteiger partial charge in [-0.15, -0.1) is 0 Å². The Hall–Kier alpha value is -1.25. The molecule has 0 saturated heterocycles. The molecule has 0 N–H and O–H groups in total. The molecule has 18 heavy (non-hydrogen) atoms. The SMILES string of the molecule is CC(C)=CCC/C(C)=C\COC(=O)OC(C)(C)C. The maximum Gasteiger partial charge on any atom is 0.509 e. The van der Waals surface area contributed by atoms with Crippen molar-refractivity contribution in [2.45, 2.75) is 60.0 Å². The third kappa shape index (κ3) is 11.2. The Balaban J connectivity index is 3.87. The molecule has 0 spiro atoms. The zero-order chi connectivity index (χ0) is 14.2. The summed E-state index contributed by atoms with van der Waals surface area (Å²) < 4.78 is 10.00. The van der Waals surface area contributed by atoms with E-state index in [0.717, 1.165) is 12.8 Å². The first-order valence-corrected chi connectivity index (χ1v) is 6.35. The monoisotopic (exact) mass is 254 g/mol. The summed E-state index contributed by atoms with van der Waals surface area (Å²) in [5, 5.41) is 0. The molecule has 0 aromatic carbocycles. The van der Waals surface area contributed by atoms with E-state index in [2.05, 4.69) is 19.9 Å². The molecule has 0 bridgehead atoms. The molecule has 0 fully saturated rings. The Morgan fingerprint density at radius 1 is 1.11 bits per heavy atom. The van der Waals surface area contributed by atoms with E-state index in [1.165, 1.54) is 11.1 Å². The van der Waals surface area contributed by atoms with Gasteiger partial charge in [-0.1, -0.05) is 17.2 Å². The van der Waals surface area contributed by atoms with Gasteiger partial charge in [-0.3, -0.25) is 0 Å². The molecule has 104 valence electrons. The number of rotatable bonds is 5. The van der Waals surface area contributed by atoms with Gasteiger partial charge in [0, 0.05) is 0 Å². The molecule has 0 saturated carbocycles. The second kappa shape index (κ2) is 7.96. The minimum Gasteiger partial charge on any atom is -0.430 e. The van der Waals surface area contributed by atoms with Gasteiger partial charge in [0.05, 0.1) is 0 Å². The lowest BCUT2D eigenvalue weighted by Gasteiger charge is -2.18. The van der Waals surface area contributed by atoms with Gasteiger partial charge in [-0.2, -0.15) is 0 Å². The van der Waals surface area contributed by atoms with Gasteiger partial charge in [-0.25, -0.2) is 4.79 Å². The Bertz CT molecular complexity index is 315. The first-order valence-electron chi connectivity index (χ1n) is 6.35. The van der Waals surface area contributed by atoms with Crippen molar-refractivity contribution in [1.29, 1.82) is 0 Å². The highest BCUT2D eigenvalue weighted by molar-refractivity contribution is 5.60. The van der Waals surface area contributed by atoms with E-state index in [9.17, 15) is 4.79 Å². The van der Waals surface area contributed by atoms with Crippen LogP contribution in [0, 0.1) is 0 Å². The Labute approximate surface area is 111 Å². The highest BCUT2D eigenvalue weighted by Gasteiger charge is 2.16. The van der Waals surface area contributed by atoms with Crippen LogP contribution in [0.5, 0.6) is 0 Å². The van der Waals surface area contributed by atoms with E-state index in [1.807, 2.05) is 33.8 Å². The molecule has 0 aliphatic rings. The van der Waals surface area contributed by atoms with E-state index in [-0.39, 0.29) is 6.61 Å². The van der Waals surface area contributed by atoms with Crippen LogP contribution in [0.3, 0.4) is 0 Å². The van der Waals surface area contributed by atoms with Crippen LogP contribution in [0.1, 0.15) is 54.4 Å². The van der Waals surface area contributed by atoms with Crippen molar-refractivity contribution in [1.82, 2.24) is 0 Å². The number of hydrogen-bond acceptors (Lipinski definition) is 3. The summed E-state index contributed by atoms with van der Waals surface area (Å²) in [5.41, 5.74) is 2.04. The van der Waals surface area contributed by atoms with E-state index >= 15 is 0 Å². The van der Waals surface area contributed by atoms with Crippen molar-refractivity contribution in [2.24, 2.45) is 0 Å². The summed E-state index contributed by atoms with van der Waals surface area (Å²) in [6.45, 7) is 11.9. The highest BCUT2D eigenvalue weighted by atomic mass is 16.7.